The summed E-state index contributed by atoms with van der Waals surface area (Å²) in [6.07, 6.45) is 1.21. The number of nitro benzene ring substituents is 2. The molecule has 0 aliphatic rings. The number of nitrogens with zero attached hydrogens (tertiary/aromatic N) is 3. The summed E-state index contributed by atoms with van der Waals surface area (Å²) in [5.74, 6) is -0.0362. The highest BCUT2D eigenvalue weighted by atomic mass is 16.6. The molecule has 0 aliphatic heterocycles. The quantitative estimate of drug-likeness (QED) is 0.495. The van der Waals surface area contributed by atoms with Crippen LogP contribution in [0.25, 0.3) is 0 Å². The molecule has 0 bridgehead atoms. The molecular formula is C14H12N4O5. The van der Waals surface area contributed by atoms with Crippen LogP contribution in [-0.2, 0) is 0 Å². The van der Waals surface area contributed by atoms with Crippen molar-refractivity contribution in [2.45, 2.75) is 6.92 Å². The van der Waals surface area contributed by atoms with Crippen LogP contribution in [0.1, 0.15) is 11.1 Å². The van der Waals surface area contributed by atoms with Gasteiger partial charge in [0.05, 0.1) is 16.1 Å². The van der Waals surface area contributed by atoms with Crippen LogP contribution < -0.4 is 5.43 Å². The fourth-order valence-corrected chi connectivity index (χ4v) is 1.91. The summed E-state index contributed by atoms with van der Waals surface area (Å²) in [5.41, 5.74) is 1.84. The maximum Gasteiger partial charge on any atom is 0.301 e. The lowest BCUT2D eigenvalue weighted by atomic mass is 10.1. The standard InChI is InChI=1S/C14H12N4O5/c1-9-6-11(17(20)21)14(12(7-9)18(22)23)16-15-8-10-4-2-3-5-13(10)19/h2-8,16,19H,1H3/b15-8-. The molecule has 0 aromatic heterocycles. The van der Waals surface area contributed by atoms with Crippen molar-refractivity contribution in [1.29, 1.82) is 0 Å². The van der Waals surface area contributed by atoms with Gasteiger partial charge in [0.25, 0.3) is 0 Å². The van der Waals surface area contributed by atoms with Crippen LogP contribution in [0.15, 0.2) is 41.5 Å². The minimum Gasteiger partial charge on any atom is -0.507 e. The van der Waals surface area contributed by atoms with Crippen LogP contribution in [0.3, 0.4) is 0 Å². The van der Waals surface area contributed by atoms with Crippen molar-refractivity contribution in [3.05, 3.63) is 67.8 Å². The number of rotatable bonds is 5. The number of nitrogens with one attached hydrogen (secondary N) is 1. The van der Waals surface area contributed by atoms with E-state index in [0.29, 0.717) is 11.1 Å². The summed E-state index contributed by atoms with van der Waals surface area (Å²) < 4.78 is 0. The van der Waals surface area contributed by atoms with Gasteiger partial charge in [0.15, 0.2) is 0 Å². The molecule has 0 aliphatic carbocycles. The smallest absolute Gasteiger partial charge is 0.301 e. The first kappa shape index (κ1) is 15.9. The number of hydrazone groups is 1. The second-order valence-electron chi connectivity index (χ2n) is 4.62. The maximum atomic E-state index is 11.1. The summed E-state index contributed by atoms with van der Waals surface area (Å²) >= 11 is 0. The lowest BCUT2D eigenvalue weighted by Gasteiger charge is -2.05. The van der Waals surface area contributed by atoms with E-state index in [0.717, 1.165) is 0 Å². The Balaban J connectivity index is 2.40. The Bertz CT molecular complexity index is 768. The van der Waals surface area contributed by atoms with Crippen molar-refractivity contribution >= 4 is 23.3 Å². The molecule has 0 spiro atoms. The Morgan fingerprint density at radius 3 is 2.22 bits per heavy atom. The van der Waals surface area contributed by atoms with E-state index in [2.05, 4.69) is 10.5 Å². The van der Waals surface area contributed by atoms with Gasteiger partial charge in [0.1, 0.15) is 5.75 Å². The van der Waals surface area contributed by atoms with Gasteiger partial charge in [-0.15, -0.1) is 0 Å². The molecule has 118 valence electrons. The molecular weight excluding hydrogens is 304 g/mol. The first-order valence-corrected chi connectivity index (χ1v) is 6.40. The van der Waals surface area contributed by atoms with Gasteiger partial charge in [-0.1, -0.05) is 12.1 Å². The van der Waals surface area contributed by atoms with Crippen molar-refractivity contribution in [2.24, 2.45) is 5.10 Å². The number of phenols is 1. The Kier molecular flexibility index (Phi) is 4.50. The van der Waals surface area contributed by atoms with E-state index < -0.39 is 21.2 Å². The zero-order valence-electron chi connectivity index (χ0n) is 12.0. The first-order chi connectivity index (χ1) is 10.9. The third kappa shape index (κ3) is 3.59. The Hall–Kier alpha value is -3.49. The van der Waals surface area contributed by atoms with Gasteiger partial charge in [-0.25, -0.2) is 0 Å². The topological polar surface area (TPSA) is 131 Å². The van der Waals surface area contributed by atoms with Gasteiger partial charge in [0, 0.05) is 17.7 Å². The molecule has 9 nitrogen and oxygen atoms in total. The number of anilines is 1. The SMILES string of the molecule is Cc1cc([N+](=O)[O-])c(N/N=C\c2ccccc2O)c([N+](=O)[O-])c1. The number of nitro groups is 2. The largest absolute Gasteiger partial charge is 0.507 e. The van der Waals surface area contributed by atoms with Crippen molar-refractivity contribution in [2.75, 3.05) is 5.43 Å². The molecule has 2 aromatic rings. The van der Waals surface area contributed by atoms with Gasteiger partial charge < -0.3 is 5.11 Å². The van der Waals surface area contributed by atoms with Gasteiger partial charge in [-0.05, 0) is 24.6 Å². The third-order valence-corrected chi connectivity index (χ3v) is 2.95. The number of hydrogen-bond acceptors (Lipinski definition) is 7. The third-order valence-electron chi connectivity index (χ3n) is 2.95. The van der Waals surface area contributed by atoms with Gasteiger partial charge in [0.2, 0.25) is 5.69 Å². The summed E-state index contributed by atoms with van der Waals surface area (Å²) in [4.78, 5) is 20.7. The summed E-state index contributed by atoms with van der Waals surface area (Å²) in [5, 5.41) is 35.5. The Labute approximate surface area is 130 Å². The monoisotopic (exact) mass is 316 g/mol. The number of phenolic OH excluding ortho intramolecular Hbond substituents is 1. The number of benzene rings is 2. The van der Waals surface area contributed by atoms with Crippen molar-refractivity contribution in [3.8, 4) is 5.75 Å². The molecule has 0 fully saturated rings. The zero-order valence-corrected chi connectivity index (χ0v) is 12.0. The van der Waals surface area contributed by atoms with Crippen LogP contribution in [0, 0.1) is 27.2 Å². The van der Waals surface area contributed by atoms with E-state index >= 15 is 0 Å². The number of hydrogen-bond donors (Lipinski definition) is 2. The molecule has 0 heterocycles. The highest BCUT2D eigenvalue weighted by Gasteiger charge is 2.25. The molecule has 0 saturated heterocycles. The minimum absolute atomic E-state index is 0.0362. The predicted molar refractivity (Wildman–Crippen MR) is 83.8 cm³/mol. The molecule has 2 rings (SSSR count). The molecule has 0 saturated carbocycles. The second kappa shape index (κ2) is 6.52. The molecule has 2 N–H and O–H groups in total. The normalized spacial score (nSPS) is 10.7. The lowest BCUT2D eigenvalue weighted by Crippen LogP contribution is -2.02. The van der Waals surface area contributed by atoms with E-state index in [4.69, 9.17) is 0 Å². The molecule has 23 heavy (non-hydrogen) atoms. The highest BCUT2D eigenvalue weighted by Crippen LogP contribution is 2.35. The fraction of sp³-hybridized carbons (Fsp3) is 0.0714. The average Bonchev–Trinajstić information content (AvgIpc) is 2.49. The van der Waals surface area contributed by atoms with Crippen molar-refractivity contribution < 1.29 is 15.0 Å². The van der Waals surface area contributed by atoms with E-state index in [-0.39, 0.29) is 11.4 Å². The van der Waals surface area contributed by atoms with Gasteiger partial charge in [-0.2, -0.15) is 5.10 Å². The van der Waals surface area contributed by atoms with Crippen molar-refractivity contribution in [1.82, 2.24) is 0 Å². The van der Waals surface area contributed by atoms with Crippen LogP contribution in [0.5, 0.6) is 5.75 Å². The molecule has 0 amide bonds. The van der Waals surface area contributed by atoms with Gasteiger partial charge in [-0.3, -0.25) is 25.7 Å². The molecule has 9 heteroatoms. The maximum absolute atomic E-state index is 11.1. The molecule has 0 radical (unpaired) electrons. The Morgan fingerprint density at radius 2 is 1.70 bits per heavy atom. The first-order valence-electron chi connectivity index (χ1n) is 6.40. The predicted octanol–water partition coefficient (Wildman–Crippen LogP) is 2.96. The van der Waals surface area contributed by atoms with Crippen LogP contribution >= 0.6 is 0 Å². The lowest BCUT2D eigenvalue weighted by molar-refractivity contribution is -0.392. The highest BCUT2D eigenvalue weighted by molar-refractivity contribution is 5.84. The second-order valence-corrected chi connectivity index (χ2v) is 4.62. The van der Waals surface area contributed by atoms with E-state index in [9.17, 15) is 25.3 Å². The minimum atomic E-state index is -0.724. The van der Waals surface area contributed by atoms with Crippen molar-refractivity contribution in [3.63, 3.8) is 0 Å². The number of aromatic hydroxyl groups is 1. The average molecular weight is 316 g/mol. The van der Waals surface area contributed by atoms with Crippen LogP contribution in [0.4, 0.5) is 17.1 Å². The molecule has 0 unspecified atom stereocenters. The summed E-state index contributed by atoms with van der Waals surface area (Å²) in [6.45, 7) is 1.52. The summed E-state index contributed by atoms with van der Waals surface area (Å²) in [6, 6.07) is 8.72. The van der Waals surface area contributed by atoms with E-state index in [1.165, 1.54) is 31.3 Å². The van der Waals surface area contributed by atoms with E-state index in [1.54, 1.807) is 18.2 Å². The fourth-order valence-electron chi connectivity index (χ4n) is 1.91. The van der Waals surface area contributed by atoms with Crippen LogP contribution in [-0.4, -0.2) is 21.2 Å². The number of aryl methyl sites for hydroxylation is 1. The summed E-state index contributed by atoms with van der Waals surface area (Å²) in [7, 11) is 0. The van der Waals surface area contributed by atoms with Gasteiger partial charge >= 0.3 is 11.4 Å². The molecule has 2 aromatic carbocycles. The Morgan fingerprint density at radius 1 is 1.13 bits per heavy atom. The zero-order chi connectivity index (χ0) is 17.0. The molecule has 0 atom stereocenters. The van der Waals surface area contributed by atoms with E-state index in [1.807, 2.05) is 0 Å². The van der Waals surface area contributed by atoms with Crippen LogP contribution in [0.2, 0.25) is 0 Å². The number of para-hydroxylation sites is 1.